The number of carbonyl (C=O) groups is 2. The van der Waals surface area contributed by atoms with Gasteiger partial charge in [-0.25, -0.2) is 9.78 Å². The maximum atomic E-state index is 13.4. The quantitative estimate of drug-likeness (QED) is 0.549. The van der Waals surface area contributed by atoms with Crippen LogP contribution < -0.4 is 5.56 Å². The van der Waals surface area contributed by atoms with Crippen molar-refractivity contribution in [1.82, 2.24) is 9.97 Å². The Kier molecular flexibility index (Phi) is 5.47. The lowest BCUT2D eigenvalue weighted by atomic mass is 9.44. The summed E-state index contributed by atoms with van der Waals surface area (Å²) >= 11 is 0. The van der Waals surface area contributed by atoms with Gasteiger partial charge in [-0.3, -0.25) is 9.59 Å². The number of esters is 1. The smallest absolute Gasteiger partial charge is 0.363 e. The second kappa shape index (κ2) is 7.65. The Morgan fingerprint density at radius 3 is 2.69 bits per heavy atom. The molecular weight excluding hydrogens is 408 g/mol. The molecule has 1 aromatic heterocycles. The third-order valence-electron chi connectivity index (χ3n) is 9.45. The van der Waals surface area contributed by atoms with Crippen LogP contribution >= 0.6 is 0 Å². The molecule has 32 heavy (non-hydrogen) atoms. The van der Waals surface area contributed by atoms with Crippen LogP contribution in [0.1, 0.15) is 70.3 Å². The average Bonchev–Trinajstić information content (AvgIpc) is 3.12. The van der Waals surface area contributed by atoms with Gasteiger partial charge >= 0.3 is 5.97 Å². The predicted octanol–water partition coefficient (Wildman–Crippen LogP) is 3.29. The van der Waals surface area contributed by atoms with Gasteiger partial charge in [0.2, 0.25) is 5.69 Å². The molecule has 4 rings (SSSR count). The number of ether oxygens (including phenoxy) is 1. The van der Waals surface area contributed by atoms with E-state index in [0.29, 0.717) is 12.8 Å². The molecule has 0 spiro atoms. The predicted molar refractivity (Wildman–Crippen MR) is 119 cm³/mol. The Morgan fingerprint density at radius 2 is 2.03 bits per heavy atom. The molecule has 2 bridgehead atoms. The summed E-state index contributed by atoms with van der Waals surface area (Å²) in [5.74, 6) is -0.890. The summed E-state index contributed by atoms with van der Waals surface area (Å²) in [6.07, 6.45) is 6.34. The number of H-pyrrole nitrogens is 1. The zero-order valence-corrected chi connectivity index (χ0v) is 19.4. The highest BCUT2D eigenvalue weighted by atomic mass is 16.5. The molecule has 1 aromatic rings. The fraction of sp³-hybridized carbons (Fsp3) is 0.680. The summed E-state index contributed by atoms with van der Waals surface area (Å²) in [6.45, 7) is 12.2. The van der Waals surface area contributed by atoms with Gasteiger partial charge < -0.3 is 14.8 Å². The number of aliphatic hydroxyl groups is 1. The topological polar surface area (TPSA) is 109 Å². The van der Waals surface area contributed by atoms with Gasteiger partial charge in [0, 0.05) is 35.6 Å². The van der Waals surface area contributed by atoms with Crippen molar-refractivity contribution >= 4 is 11.8 Å². The largest absolute Gasteiger partial charge is 0.457 e. The number of ketones is 1. The Bertz CT molecular complexity index is 1000. The van der Waals surface area contributed by atoms with Gasteiger partial charge in [-0.2, -0.15) is 0 Å². The number of aliphatic hydroxyl groups excluding tert-OH is 1. The third kappa shape index (κ3) is 3.04. The number of Topliss-reactive ketones (excluding diaryl/α,β-unsaturated/α-hetero) is 1. The summed E-state index contributed by atoms with van der Waals surface area (Å²) in [6, 6.07) is 0. The summed E-state index contributed by atoms with van der Waals surface area (Å²) in [5, 5.41) is 11.5. The van der Waals surface area contributed by atoms with Crippen molar-refractivity contribution in [2.45, 2.75) is 72.0 Å². The van der Waals surface area contributed by atoms with E-state index in [0.717, 1.165) is 19.3 Å². The van der Waals surface area contributed by atoms with E-state index in [-0.39, 0.29) is 34.6 Å². The van der Waals surface area contributed by atoms with Crippen molar-refractivity contribution in [3.63, 3.8) is 0 Å². The van der Waals surface area contributed by atoms with E-state index in [2.05, 4.69) is 37.3 Å². The molecule has 1 heterocycles. The van der Waals surface area contributed by atoms with E-state index in [9.17, 15) is 19.5 Å². The average molecular weight is 443 g/mol. The Hall–Kier alpha value is -2.28. The van der Waals surface area contributed by atoms with Crippen LogP contribution in [-0.4, -0.2) is 39.0 Å². The molecule has 3 aliphatic rings. The van der Waals surface area contributed by atoms with Crippen LogP contribution in [0.15, 0.2) is 29.8 Å². The molecule has 0 saturated heterocycles. The standard InChI is InChI=1S/C25H34N2O5/c1-6-23(4)13-17(32-22(31)18-21(30)27-12-11-26-18)24(5)14(2)7-9-25(15(3)20(23)29)10-8-16(28)19(24)25/h6,11-12,14-15,17,19-20,29H,1,7-10,13H2,2-5H3,(H,27,30)/t14?,15-,17+,19?,20-,23+,24-,25-/m0/s1. The van der Waals surface area contributed by atoms with E-state index in [4.69, 9.17) is 4.74 Å². The minimum atomic E-state index is -0.804. The number of hydrogen-bond donors (Lipinski definition) is 2. The number of carbonyl (C=O) groups excluding carboxylic acids is 2. The third-order valence-corrected chi connectivity index (χ3v) is 9.45. The number of aromatic nitrogens is 2. The monoisotopic (exact) mass is 442 g/mol. The SMILES string of the molecule is C=C[C@]1(C)C[C@@H](OC(=O)c2ncc[nH]c2=O)[C@]2(C)C(C)CC[C@]3(CCC(=O)C32)[C@@H](C)[C@@H]1O. The Labute approximate surface area is 188 Å². The van der Waals surface area contributed by atoms with Gasteiger partial charge in [0.15, 0.2) is 0 Å². The Balaban J connectivity index is 1.86. The molecule has 3 saturated carbocycles. The number of aromatic amines is 1. The van der Waals surface area contributed by atoms with Crippen molar-refractivity contribution in [3.8, 4) is 0 Å². The first-order valence-electron chi connectivity index (χ1n) is 11.6. The molecule has 2 N–H and O–H groups in total. The maximum absolute atomic E-state index is 13.4. The van der Waals surface area contributed by atoms with Gasteiger partial charge in [-0.1, -0.05) is 33.8 Å². The summed E-state index contributed by atoms with van der Waals surface area (Å²) < 4.78 is 6.05. The maximum Gasteiger partial charge on any atom is 0.363 e. The first kappa shape index (κ1) is 22.9. The molecule has 0 aromatic carbocycles. The molecule has 174 valence electrons. The van der Waals surface area contributed by atoms with Crippen LogP contribution in [-0.2, 0) is 9.53 Å². The van der Waals surface area contributed by atoms with Crippen molar-refractivity contribution in [3.05, 3.63) is 41.1 Å². The molecule has 0 radical (unpaired) electrons. The molecule has 0 amide bonds. The van der Waals surface area contributed by atoms with Crippen molar-refractivity contribution in [2.75, 3.05) is 0 Å². The summed E-state index contributed by atoms with van der Waals surface area (Å²) in [4.78, 5) is 45.0. The lowest BCUT2D eigenvalue weighted by Crippen LogP contribution is -2.63. The summed E-state index contributed by atoms with van der Waals surface area (Å²) in [7, 11) is 0. The van der Waals surface area contributed by atoms with Crippen LogP contribution in [0.25, 0.3) is 0 Å². The van der Waals surface area contributed by atoms with E-state index in [1.54, 1.807) is 6.08 Å². The Morgan fingerprint density at radius 1 is 1.31 bits per heavy atom. The zero-order valence-electron chi connectivity index (χ0n) is 19.4. The van der Waals surface area contributed by atoms with Crippen LogP contribution in [0.5, 0.6) is 0 Å². The normalized spacial score (nSPS) is 43.7. The number of nitrogens with one attached hydrogen (secondary N) is 1. The van der Waals surface area contributed by atoms with Gasteiger partial charge in [0.25, 0.3) is 5.56 Å². The minimum Gasteiger partial charge on any atom is -0.457 e. The lowest BCUT2D eigenvalue weighted by Gasteiger charge is -2.61. The van der Waals surface area contributed by atoms with Crippen molar-refractivity contribution in [1.29, 1.82) is 0 Å². The highest BCUT2D eigenvalue weighted by Crippen LogP contribution is 2.68. The minimum absolute atomic E-state index is 0.0935. The van der Waals surface area contributed by atoms with Gasteiger partial charge in [0.05, 0.1) is 6.10 Å². The highest BCUT2D eigenvalue weighted by Gasteiger charge is 2.68. The van der Waals surface area contributed by atoms with Crippen LogP contribution in [0.4, 0.5) is 0 Å². The number of hydrogen-bond acceptors (Lipinski definition) is 6. The van der Waals surface area contributed by atoms with E-state index in [1.807, 2.05) is 6.92 Å². The second-order valence-electron chi connectivity index (χ2n) is 10.7. The molecule has 3 fully saturated rings. The molecular formula is C25H34N2O5. The summed E-state index contributed by atoms with van der Waals surface area (Å²) in [5.41, 5.74) is -2.60. The molecule has 7 heteroatoms. The van der Waals surface area contributed by atoms with E-state index >= 15 is 0 Å². The van der Waals surface area contributed by atoms with Crippen LogP contribution in [0.3, 0.4) is 0 Å². The molecule has 8 atom stereocenters. The van der Waals surface area contributed by atoms with E-state index in [1.165, 1.54) is 12.4 Å². The van der Waals surface area contributed by atoms with Gasteiger partial charge in [-0.05, 0) is 42.9 Å². The first-order valence-corrected chi connectivity index (χ1v) is 11.6. The number of rotatable bonds is 3. The van der Waals surface area contributed by atoms with E-state index < -0.39 is 34.6 Å². The molecule has 0 aliphatic heterocycles. The second-order valence-corrected chi connectivity index (χ2v) is 10.7. The van der Waals surface area contributed by atoms with Crippen molar-refractivity contribution in [2.24, 2.45) is 34.0 Å². The lowest BCUT2D eigenvalue weighted by molar-refractivity contribution is -0.192. The molecule has 7 nitrogen and oxygen atoms in total. The van der Waals surface area contributed by atoms with Crippen LogP contribution in [0, 0.1) is 34.0 Å². The fourth-order valence-electron chi connectivity index (χ4n) is 7.18. The fourth-order valence-corrected chi connectivity index (χ4v) is 7.18. The zero-order chi connectivity index (χ0) is 23.5. The van der Waals surface area contributed by atoms with Crippen molar-refractivity contribution < 1.29 is 19.4 Å². The highest BCUT2D eigenvalue weighted by molar-refractivity contribution is 5.87. The van der Waals surface area contributed by atoms with Gasteiger partial charge in [-0.15, -0.1) is 6.58 Å². The number of nitrogens with zero attached hydrogens (tertiary/aromatic N) is 1. The van der Waals surface area contributed by atoms with Gasteiger partial charge in [0.1, 0.15) is 11.9 Å². The van der Waals surface area contributed by atoms with Crippen LogP contribution in [0.2, 0.25) is 0 Å². The molecule has 3 aliphatic carbocycles. The molecule has 2 unspecified atom stereocenters. The first-order chi connectivity index (χ1) is 15.0.